The van der Waals surface area contributed by atoms with Gasteiger partial charge >= 0.3 is 0 Å². The van der Waals surface area contributed by atoms with E-state index in [4.69, 9.17) is 16.3 Å². The number of carbonyl (C=O) groups is 1. The molecule has 1 amide bonds. The van der Waals surface area contributed by atoms with Crippen molar-refractivity contribution in [3.8, 4) is 11.5 Å². The van der Waals surface area contributed by atoms with Crippen molar-refractivity contribution in [3.63, 3.8) is 0 Å². The van der Waals surface area contributed by atoms with Gasteiger partial charge in [0.2, 0.25) is 5.91 Å². The number of likely N-dealkylation sites (tertiary alicyclic amines) is 1. The van der Waals surface area contributed by atoms with Crippen molar-refractivity contribution < 1.29 is 19.0 Å². The fraction of sp³-hybridized carbons (Fsp3) is 0.350. The van der Waals surface area contributed by atoms with Gasteiger partial charge in [0.25, 0.3) is 0 Å². The Morgan fingerprint density at radius 1 is 1.30 bits per heavy atom. The van der Waals surface area contributed by atoms with Crippen LogP contribution in [0.25, 0.3) is 0 Å². The summed E-state index contributed by atoms with van der Waals surface area (Å²) in [5.74, 6) is 0.0852. The molecule has 0 atom stereocenters. The van der Waals surface area contributed by atoms with E-state index >= 15 is 0 Å². The number of halogens is 2. The second-order valence-electron chi connectivity index (χ2n) is 6.66. The van der Waals surface area contributed by atoms with E-state index in [1.807, 2.05) is 0 Å². The fourth-order valence-electron chi connectivity index (χ4n) is 3.31. The molecule has 0 bridgehead atoms. The Morgan fingerprint density at radius 2 is 2.04 bits per heavy atom. The van der Waals surface area contributed by atoms with Crippen molar-refractivity contribution in [2.75, 3.05) is 25.5 Å². The number of benzene rings is 2. The van der Waals surface area contributed by atoms with Crippen molar-refractivity contribution in [2.45, 2.75) is 19.4 Å². The number of anilines is 1. The molecule has 0 aliphatic carbocycles. The number of nitrogens with one attached hydrogen (secondary N) is 1. The summed E-state index contributed by atoms with van der Waals surface area (Å²) >= 11 is 5.91. The number of ether oxygens (including phenoxy) is 1. The summed E-state index contributed by atoms with van der Waals surface area (Å²) in [5, 5.41) is 13.0. The second kappa shape index (κ2) is 8.59. The van der Waals surface area contributed by atoms with Crippen LogP contribution in [0.2, 0.25) is 5.02 Å². The van der Waals surface area contributed by atoms with Gasteiger partial charge in [0.05, 0.1) is 12.8 Å². The molecule has 0 aromatic heterocycles. The third-order valence-electron chi connectivity index (χ3n) is 4.81. The lowest BCUT2D eigenvalue weighted by molar-refractivity contribution is -0.121. The van der Waals surface area contributed by atoms with E-state index in [0.717, 1.165) is 18.7 Å². The number of amides is 1. The van der Waals surface area contributed by atoms with Gasteiger partial charge in [0, 0.05) is 23.0 Å². The molecule has 2 aromatic rings. The number of carbonyl (C=O) groups excluding carboxylic acids is 1. The summed E-state index contributed by atoms with van der Waals surface area (Å²) in [4.78, 5) is 14.7. The van der Waals surface area contributed by atoms with Gasteiger partial charge in [0.15, 0.2) is 0 Å². The normalized spacial score (nSPS) is 15.5. The maximum Gasteiger partial charge on any atom is 0.227 e. The van der Waals surface area contributed by atoms with Crippen LogP contribution in [-0.2, 0) is 11.3 Å². The van der Waals surface area contributed by atoms with Gasteiger partial charge in [-0.1, -0.05) is 11.6 Å². The van der Waals surface area contributed by atoms with Crippen LogP contribution in [0, 0.1) is 11.7 Å². The molecule has 2 aromatic carbocycles. The van der Waals surface area contributed by atoms with E-state index in [1.54, 1.807) is 19.2 Å². The zero-order chi connectivity index (χ0) is 19.4. The molecule has 0 saturated carbocycles. The van der Waals surface area contributed by atoms with Crippen LogP contribution in [-0.4, -0.2) is 36.1 Å². The highest BCUT2D eigenvalue weighted by atomic mass is 35.5. The topological polar surface area (TPSA) is 61.8 Å². The number of phenolic OH excluding ortho intramolecular Hbond substituents is 1. The lowest BCUT2D eigenvalue weighted by atomic mass is 9.95. The third kappa shape index (κ3) is 4.90. The molecular formula is C20H22ClFN2O3. The summed E-state index contributed by atoms with van der Waals surface area (Å²) in [6, 6.07) is 9.03. The van der Waals surface area contributed by atoms with Gasteiger partial charge in [-0.05, 0) is 62.3 Å². The Bertz CT molecular complexity index is 823. The van der Waals surface area contributed by atoms with Crippen molar-refractivity contribution in [1.29, 1.82) is 0 Å². The SMILES string of the molecule is COc1ccc(F)cc1CN1CCC(C(=O)Nc2cc(Cl)ccc2O)CC1. The molecule has 0 spiro atoms. The lowest BCUT2D eigenvalue weighted by Crippen LogP contribution is -2.37. The van der Waals surface area contributed by atoms with Crippen LogP contribution in [0.1, 0.15) is 18.4 Å². The highest BCUT2D eigenvalue weighted by Gasteiger charge is 2.26. The molecule has 0 radical (unpaired) electrons. The van der Waals surface area contributed by atoms with Gasteiger partial charge < -0.3 is 15.2 Å². The van der Waals surface area contributed by atoms with Gasteiger partial charge in [-0.25, -0.2) is 4.39 Å². The summed E-state index contributed by atoms with van der Waals surface area (Å²) in [6.07, 6.45) is 1.37. The number of phenols is 1. The molecule has 1 fully saturated rings. The predicted octanol–water partition coefficient (Wildman–Crippen LogP) is 4.04. The minimum Gasteiger partial charge on any atom is -0.506 e. The van der Waals surface area contributed by atoms with Gasteiger partial charge in [0.1, 0.15) is 17.3 Å². The number of hydrogen-bond acceptors (Lipinski definition) is 4. The molecule has 1 aliphatic heterocycles. The Labute approximate surface area is 162 Å². The standard InChI is InChI=1S/C20H22ClFN2O3/c1-27-19-5-3-16(22)10-14(19)12-24-8-6-13(7-9-24)20(26)23-17-11-15(21)2-4-18(17)25/h2-5,10-11,13,25H,6-9,12H2,1H3,(H,23,26). The van der Waals surface area contributed by atoms with Crippen molar-refractivity contribution in [1.82, 2.24) is 4.90 Å². The molecule has 3 rings (SSSR count). The van der Waals surface area contributed by atoms with E-state index in [9.17, 15) is 14.3 Å². The first-order chi connectivity index (χ1) is 13.0. The molecule has 27 heavy (non-hydrogen) atoms. The minimum atomic E-state index is -0.290. The van der Waals surface area contributed by atoms with E-state index in [1.165, 1.54) is 24.3 Å². The van der Waals surface area contributed by atoms with Gasteiger partial charge in [-0.3, -0.25) is 9.69 Å². The Hall–Kier alpha value is -2.31. The summed E-state index contributed by atoms with van der Waals surface area (Å²) in [5.41, 5.74) is 1.11. The summed E-state index contributed by atoms with van der Waals surface area (Å²) in [7, 11) is 1.57. The maximum atomic E-state index is 13.5. The third-order valence-corrected chi connectivity index (χ3v) is 5.05. The molecule has 7 heteroatoms. The fourth-order valence-corrected chi connectivity index (χ4v) is 3.48. The number of rotatable bonds is 5. The smallest absolute Gasteiger partial charge is 0.227 e. The zero-order valence-corrected chi connectivity index (χ0v) is 15.8. The van der Waals surface area contributed by atoms with Crippen molar-refractivity contribution in [2.24, 2.45) is 5.92 Å². The number of hydrogen-bond donors (Lipinski definition) is 2. The number of methoxy groups -OCH3 is 1. The molecule has 1 saturated heterocycles. The Morgan fingerprint density at radius 3 is 2.74 bits per heavy atom. The van der Waals surface area contributed by atoms with E-state index in [2.05, 4.69) is 10.2 Å². The van der Waals surface area contributed by atoms with E-state index < -0.39 is 0 Å². The van der Waals surface area contributed by atoms with Crippen LogP contribution in [0.5, 0.6) is 11.5 Å². The van der Waals surface area contributed by atoms with E-state index in [0.29, 0.717) is 35.8 Å². The first kappa shape index (κ1) is 19.5. The molecule has 0 unspecified atom stereocenters. The monoisotopic (exact) mass is 392 g/mol. The zero-order valence-electron chi connectivity index (χ0n) is 15.0. The summed E-state index contributed by atoms with van der Waals surface area (Å²) in [6.45, 7) is 2.02. The highest BCUT2D eigenvalue weighted by molar-refractivity contribution is 6.31. The average molecular weight is 393 g/mol. The minimum absolute atomic E-state index is 0.0108. The molecular weight excluding hydrogens is 371 g/mol. The second-order valence-corrected chi connectivity index (χ2v) is 7.09. The maximum absolute atomic E-state index is 13.5. The largest absolute Gasteiger partial charge is 0.506 e. The molecule has 144 valence electrons. The van der Waals surface area contributed by atoms with Crippen LogP contribution >= 0.6 is 11.6 Å². The van der Waals surface area contributed by atoms with Crippen molar-refractivity contribution in [3.05, 3.63) is 52.8 Å². The van der Waals surface area contributed by atoms with Crippen LogP contribution < -0.4 is 10.1 Å². The molecule has 1 heterocycles. The van der Waals surface area contributed by atoms with Crippen LogP contribution in [0.15, 0.2) is 36.4 Å². The number of aromatic hydroxyl groups is 1. The van der Waals surface area contributed by atoms with Crippen molar-refractivity contribution >= 4 is 23.2 Å². The van der Waals surface area contributed by atoms with E-state index in [-0.39, 0.29) is 23.4 Å². The quantitative estimate of drug-likeness (QED) is 0.754. The number of piperidine rings is 1. The molecule has 2 N–H and O–H groups in total. The molecule has 1 aliphatic rings. The lowest BCUT2D eigenvalue weighted by Gasteiger charge is -2.31. The first-order valence-electron chi connectivity index (χ1n) is 8.80. The predicted molar refractivity (Wildman–Crippen MR) is 103 cm³/mol. The Balaban J connectivity index is 1.56. The van der Waals surface area contributed by atoms with Gasteiger partial charge in [-0.15, -0.1) is 0 Å². The van der Waals surface area contributed by atoms with Crippen LogP contribution in [0.3, 0.4) is 0 Å². The highest BCUT2D eigenvalue weighted by Crippen LogP contribution is 2.29. The Kier molecular flexibility index (Phi) is 6.19. The first-order valence-corrected chi connectivity index (χ1v) is 9.18. The molecule has 5 nitrogen and oxygen atoms in total. The average Bonchev–Trinajstić information content (AvgIpc) is 2.65. The van der Waals surface area contributed by atoms with Gasteiger partial charge in [-0.2, -0.15) is 0 Å². The number of nitrogens with zero attached hydrogens (tertiary/aromatic N) is 1. The van der Waals surface area contributed by atoms with Crippen LogP contribution in [0.4, 0.5) is 10.1 Å². The summed E-state index contributed by atoms with van der Waals surface area (Å²) < 4.78 is 18.8.